The summed E-state index contributed by atoms with van der Waals surface area (Å²) in [4.78, 5) is 27.4. The van der Waals surface area contributed by atoms with E-state index in [1.165, 1.54) is 0 Å². The second kappa shape index (κ2) is 8.31. The van der Waals surface area contributed by atoms with Gasteiger partial charge in [0, 0.05) is 25.7 Å². The molecular weight excluding hydrogens is 272 g/mol. The van der Waals surface area contributed by atoms with Crippen molar-refractivity contribution in [3.8, 4) is 0 Å². The van der Waals surface area contributed by atoms with Crippen molar-refractivity contribution in [2.45, 2.75) is 32.4 Å². The Labute approximate surface area is 126 Å². The van der Waals surface area contributed by atoms with E-state index in [2.05, 4.69) is 10.6 Å². The summed E-state index contributed by atoms with van der Waals surface area (Å²) in [5, 5.41) is 14.7. The number of hydrogen-bond acceptors (Lipinski definition) is 5. The van der Waals surface area contributed by atoms with E-state index in [1.807, 2.05) is 37.7 Å². The van der Waals surface area contributed by atoms with E-state index in [9.17, 15) is 14.7 Å². The van der Waals surface area contributed by atoms with Crippen LogP contribution < -0.4 is 10.6 Å². The Hall–Kier alpha value is -1.18. The maximum Gasteiger partial charge on any atom is 0.321 e. The second-order valence-corrected chi connectivity index (χ2v) is 6.39. The fourth-order valence-electron chi connectivity index (χ4n) is 2.45. The van der Waals surface area contributed by atoms with Crippen molar-refractivity contribution in [2.24, 2.45) is 5.92 Å². The van der Waals surface area contributed by atoms with E-state index in [0.29, 0.717) is 25.4 Å². The number of rotatable bonds is 6. The standard InChI is InChI=1S/C14H28N4O3/c1-10(2)6-15-14(21)16-13(20)9-18-8-12(19)5-11(18)7-17(3)4/h10-12,19H,5-9H2,1-4H3,(H2,15,16,20,21). The van der Waals surface area contributed by atoms with Crippen LogP contribution in [0.15, 0.2) is 0 Å². The highest BCUT2D eigenvalue weighted by Gasteiger charge is 2.32. The van der Waals surface area contributed by atoms with Crippen LogP contribution in [0.2, 0.25) is 0 Å². The average molecular weight is 300 g/mol. The van der Waals surface area contributed by atoms with E-state index in [4.69, 9.17) is 0 Å². The molecule has 0 radical (unpaired) electrons. The summed E-state index contributed by atoms with van der Waals surface area (Å²) in [6.07, 6.45) is 0.253. The number of nitrogens with one attached hydrogen (secondary N) is 2. The van der Waals surface area contributed by atoms with Gasteiger partial charge in [-0.25, -0.2) is 4.79 Å². The van der Waals surface area contributed by atoms with Crippen LogP contribution in [0.3, 0.4) is 0 Å². The van der Waals surface area contributed by atoms with Crippen LogP contribution in [0, 0.1) is 5.92 Å². The largest absolute Gasteiger partial charge is 0.392 e. The van der Waals surface area contributed by atoms with Crippen molar-refractivity contribution in [3.05, 3.63) is 0 Å². The van der Waals surface area contributed by atoms with Gasteiger partial charge in [-0.2, -0.15) is 0 Å². The van der Waals surface area contributed by atoms with E-state index < -0.39 is 12.1 Å². The maximum absolute atomic E-state index is 11.9. The lowest BCUT2D eigenvalue weighted by Gasteiger charge is -2.25. The van der Waals surface area contributed by atoms with Gasteiger partial charge in [-0.15, -0.1) is 0 Å². The number of aliphatic hydroxyl groups excluding tert-OH is 1. The molecule has 3 amide bonds. The number of carbonyl (C=O) groups is 2. The van der Waals surface area contributed by atoms with Gasteiger partial charge in [0.1, 0.15) is 0 Å². The average Bonchev–Trinajstić information content (AvgIpc) is 2.65. The van der Waals surface area contributed by atoms with Crippen LogP contribution in [-0.4, -0.2) is 79.3 Å². The fourth-order valence-corrected chi connectivity index (χ4v) is 2.45. The number of likely N-dealkylation sites (N-methyl/N-ethyl adjacent to an activating group) is 1. The van der Waals surface area contributed by atoms with Crippen molar-refractivity contribution in [2.75, 3.05) is 40.3 Å². The molecule has 1 saturated heterocycles. The number of likely N-dealkylation sites (tertiary alicyclic amines) is 1. The zero-order chi connectivity index (χ0) is 16.0. The normalized spacial score (nSPS) is 22.8. The monoisotopic (exact) mass is 300 g/mol. The first-order valence-electron chi connectivity index (χ1n) is 7.42. The number of aliphatic hydroxyl groups is 1. The Bertz CT molecular complexity index is 360. The first kappa shape index (κ1) is 17.9. The molecular formula is C14H28N4O3. The molecule has 1 fully saturated rings. The van der Waals surface area contributed by atoms with E-state index >= 15 is 0 Å². The third-order valence-electron chi connectivity index (χ3n) is 3.35. The quantitative estimate of drug-likeness (QED) is 0.614. The van der Waals surface area contributed by atoms with Crippen molar-refractivity contribution in [1.29, 1.82) is 0 Å². The number of carbonyl (C=O) groups excluding carboxylic acids is 2. The van der Waals surface area contributed by atoms with Crippen LogP contribution in [-0.2, 0) is 4.79 Å². The maximum atomic E-state index is 11.9. The minimum Gasteiger partial charge on any atom is -0.392 e. The van der Waals surface area contributed by atoms with E-state index in [1.54, 1.807) is 0 Å². The van der Waals surface area contributed by atoms with Gasteiger partial charge in [0.25, 0.3) is 0 Å². The van der Waals surface area contributed by atoms with Gasteiger partial charge < -0.3 is 15.3 Å². The summed E-state index contributed by atoms with van der Waals surface area (Å²) < 4.78 is 0. The van der Waals surface area contributed by atoms with Gasteiger partial charge in [0.2, 0.25) is 5.91 Å². The Morgan fingerprint density at radius 2 is 2.05 bits per heavy atom. The van der Waals surface area contributed by atoms with Gasteiger partial charge in [-0.05, 0) is 26.4 Å². The lowest BCUT2D eigenvalue weighted by atomic mass is 10.2. The zero-order valence-electron chi connectivity index (χ0n) is 13.4. The predicted molar refractivity (Wildman–Crippen MR) is 80.9 cm³/mol. The number of hydrogen-bond donors (Lipinski definition) is 3. The van der Waals surface area contributed by atoms with Gasteiger partial charge >= 0.3 is 6.03 Å². The Balaban J connectivity index is 2.40. The molecule has 3 N–H and O–H groups in total. The number of amides is 3. The van der Waals surface area contributed by atoms with Crippen LogP contribution in [0.4, 0.5) is 4.79 Å². The lowest BCUT2D eigenvalue weighted by Crippen LogP contribution is -2.47. The predicted octanol–water partition coefficient (Wildman–Crippen LogP) is -0.535. The minimum atomic E-state index is -0.461. The van der Waals surface area contributed by atoms with Gasteiger partial charge in [-0.3, -0.25) is 15.0 Å². The van der Waals surface area contributed by atoms with Crippen molar-refractivity contribution in [1.82, 2.24) is 20.4 Å². The third kappa shape index (κ3) is 6.88. The van der Waals surface area contributed by atoms with Gasteiger partial charge in [0.05, 0.1) is 12.6 Å². The summed E-state index contributed by atoms with van der Waals surface area (Å²) >= 11 is 0. The highest BCUT2D eigenvalue weighted by atomic mass is 16.3. The molecule has 0 bridgehead atoms. The minimum absolute atomic E-state index is 0.130. The van der Waals surface area contributed by atoms with E-state index in [-0.39, 0.29) is 18.5 Å². The molecule has 122 valence electrons. The summed E-state index contributed by atoms with van der Waals surface area (Å²) in [6.45, 7) is 5.89. The first-order chi connectivity index (χ1) is 9.77. The molecule has 7 nitrogen and oxygen atoms in total. The molecule has 0 aromatic rings. The van der Waals surface area contributed by atoms with Crippen LogP contribution in [0.1, 0.15) is 20.3 Å². The number of imide groups is 1. The molecule has 0 aromatic heterocycles. The third-order valence-corrected chi connectivity index (χ3v) is 3.35. The molecule has 1 rings (SSSR count). The zero-order valence-corrected chi connectivity index (χ0v) is 13.4. The molecule has 7 heteroatoms. The van der Waals surface area contributed by atoms with Gasteiger partial charge in [-0.1, -0.05) is 13.8 Å². The Morgan fingerprint density at radius 1 is 1.38 bits per heavy atom. The summed E-state index contributed by atoms with van der Waals surface area (Å²) in [6, 6.07) is -0.322. The summed E-state index contributed by atoms with van der Waals surface area (Å²) in [5.41, 5.74) is 0. The van der Waals surface area contributed by atoms with Crippen LogP contribution in [0.25, 0.3) is 0 Å². The summed E-state index contributed by atoms with van der Waals surface area (Å²) in [5.74, 6) is -0.00170. The van der Waals surface area contributed by atoms with Crippen LogP contribution in [0.5, 0.6) is 0 Å². The molecule has 21 heavy (non-hydrogen) atoms. The highest BCUT2D eigenvalue weighted by Crippen LogP contribution is 2.17. The van der Waals surface area contributed by atoms with Crippen molar-refractivity contribution >= 4 is 11.9 Å². The smallest absolute Gasteiger partial charge is 0.321 e. The molecule has 0 spiro atoms. The van der Waals surface area contributed by atoms with Crippen molar-refractivity contribution in [3.63, 3.8) is 0 Å². The molecule has 1 aliphatic rings. The Morgan fingerprint density at radius 3 is 2.62 bits per heavy atom. The first-order valence-corrected chi connectivity index (χ1v) is 7.42. The number of urea groups is 1. The van der Waals surface area contributed by atoms with E-state index in [0.717, 1.165) is 6.54 Å². The SMILES string of the molecule is CC(C)CNC(=O)NC(=O)CN1CC(O)CC1CN(C)C. The Kier molecular flexibility index (Phi) is 7.07. The van der Waals surface area contributed by atoms with Crippen LogP contribution >= 0.6 is 0 Å². The molecule has 0 saturated carbocycles. The topological polar surface area (TPSA) is 84.9 Å². The fraction of sp³-hybridized carbons (Fsp3) is 0.857. The van der Waals surface area contributed by atoms with Crippen molar-refractivity contribution < 1.29 is 14.7 Å². The highest BCUT2D eigenvalue weighted by molar-refractivity contribution is 5.95. The number of β-amino-alcohol motifs (C(OH)–C–C–N with tert-alkyl or cyclic N) is 1. The molecule has 2 atom stereocenters. The second-order valence-electron chi connectivity index (χ2n) is 6.39. The number of nitrogens with zero attached hydrogens (tertiary/aromatic N) is 2. The summed E-state index contributed by atoms with van der Waals surface area (Å²) in [7, 11) is 3.92. The molecule has 1 aliphatic heterocycles. The molecule has 0 aromatic carbocycles. The van der Waals surface area contributed by atoms with Gasteiger partial charge in [0.15, 0.2) is 0 Å². The molecule has 2 unspecified atom stereocenters. The lowest BCUT2D eigenvalue weighted by molar-refractivity contribution is -0.121. The molecule has 1 heterocycles. The molecule has 0 aliphatic carbocycles.